The second-order valence-electron chi connectivity index (χ2n) is 5.49. The molecule has 0 spiro atoms. The van der Waals surface area contributed by atoms with Crippen molar-refractivity contribution in [2.45, 2.75) is 39.2 Å². The molecule has 0 radical (unpaired) electrons. The standard InChI is InChI=1S/C13H21N3O3S/c1-3-4-13(8-17)5-6-16(7-10(13)18)12(19)11-9(2)14-20-15-11/h10,17-18H,3-8H2,1-2H3/t10-,13+/m0/s1. The van der Waals surface area contributed by atoms with Gasteiger partial charge in [-0.1, -0.05) is 13.3 Å². The van der Waals surface area contributed by atoms with Crippen molar-refractivity contribution in [3.63, 3.8) is 0 Å². The fourth-order valence-electron chi connectivity index (χ4n) is 2.83. The van der Waals surface area contributed by atoms with Crippen LogP contribution < -0.4 is 0 Å². The van der Waals surface area contributed by atoms with Gasteiger partial charge in [0, 0.05) is 18.5 Å². The fourth-order valence-corrected chi connectivity index (χ4v) is 3.37. The Bertz CT molecular complexity index is 479. The molecule has 1 aromatic heterocycles. The topological polar surface area (TPSA) is 86.5 Å². The summed E-state index contributed by atoms with van der Waals surface area (Å²) in [5.74, 6) is -0.182. The van der Waals surface area contributed by atoms with Gasteiger partial charge in [-0.25, -0.2) is 0 Å². The zero-order valence-electron chi connectivity index (χ0n) is 11.9. The van der Waals surface area contributed by atoms with Crippen molar-refractivity contribution >= 4 is 17.6 Å². The van der Waals surface area contributed by atoms with Gasteiger partial charge in [0.25, 0.3) is 5.91 Å². The Morgan fingerprint density at radius 1 is 1.55 bits per heavy atom. The fraction of sp³-hybridized carbons (Fsp3) is 0.769. The smallest absolute Gasteiger partial charge is 0.275 e. The van der Waals surface area contributed by atoms with Crippen LogP contribution in [0, 0.1) is 12.3 Å². The van der Waals surface area contributed by atoms with Gasteiger partial charge < -0.3 is 15.1 Å². The molecule has 7 heteroatoms. The molecule has 1 saturated heterocycles. The lowest BCUT2D eigenvalue weighted by atomic mass is 9.73. The van der Waals surface area contributed by atoms with Crippen molar-refractivity contribution in [1.82, 2.24) is 13.6 Å². The zero-order valence-corrected chi connectivity index (χ0v) is 12.7. The maximum absolute atomic E-state index is 12.3. The van der Waals surface area contributed by atoms with Crippen molar-refractivity contribution in [2.75, 3.05) is 19.7 Å². The van der Waals surface area contributed by atoms with Crippen molar-refractivity contribution in [3.05, 3.63) is 11.4 Å². The Kier molecular flexibility index (Phi) is 4.72. The predicted molar refractivity (Wildman–Crippen MR) is 75.6 cm³/mol. The predicted octanol–water partition coefficient (Wildman–Crippen LogP) is 0.832. The SMILES string of the molecule is CCC[C@]1(CO)CCN(C(=O)c2nsnc2C)C[C@@H]1O. The van der Waals surface area contributed by atoms with Gasteiger partial charge in [0.1, 0.15) is 0 Å². The molecule has 1 aromatic rings. The summed E-state index contributed by atoms with van der Waals surface area (Å²) in [4.78, 5) is 14.0. The highest BCUT2D eigenvalue weighted by molar-refractivity contribution is 6.99. The average molecular weight is 299 g/mol. The van der Waals surface area contributed by atoms with Crippen LogP contribution in [-0.2, 0) is 0 Å². The second-order valence-corrected chi connectivity index (χ2v) is 6.01. The first kappa shape index (κ1) is 15.3. The lowest BCUT2D eigenvalue weighted by Crippen LogP contribution is -2.54. The summed E-state index contributed by atoms with van der Waals surface area (Å²) in [6.07, 6.45) is 1.59. The van der Waals surface area contributed by atoms with Gasteiger partial charge in [-0.05, 0) is 19.8 Å². The maximum atomic E-state index is 12.3. The molecule has 0 aromatic carbocycles. The molecule has 2 rings (SSSR count). The van der Waals surface area contributed by atoms with E-state index in [4.69, 9.17) is 0 Å². The number of nitrogens with zero attached hydrogens (tertiary/aromatic N) is 3. The average Bonchev–Trinajstić information content (AvgIpc) is 2.86. The van der Waals surface area contributed by atoms with Crippen LogP contribution in [0.4, 0.5) is 0 Å². The van der Waals surface area contributed by atoms with Gasteiger partial charge in [-0.2, -0.15) is 8.75 Å². The Balaban J connectivity index is 2.09. The van der Waals surface area contributed by atoms with Gasteiger partial charge >= 0.3 is 0 Å². The number of aliphatic hydroxyl groups excluding tert-OH is 2. The number of hydrogen-bond donors (Lipinski definition) is 2. The number of aryl methyl sites for hydroxylation is 1. The van der Waals surface area contributed by atoms with E-state index in [0.29, 0.717) is 24.4 Å². The number of likely N-dealkylation sites (tertiary alicyclic amines) is 1. The number of carbonyl (C=O) groups excluding carboxylic acids is 1. The minimum atomic E-state index is -0.697. The van der Waals surface area contributed by atoms with Crippen LogP contribution in [-0.4, -0.2) is 55.6 Å². The largest absolute Gasteiger partial charge is 0.396 e. The van der Waals surface area contributed by atoms with Crippen LogP contribution in [0.2, 0.25) is 0 Å². The first-order valence-electron chi connectivity index (χ1n) is 6.91. The first-order chi connectivity index (χ1) is 9.54. The number of piperidine rings is 1. The molecular weight excluding hydrogens is 278 g/mol. The third kappa shape index (κ3) is 2.70. The van der Waals surface area contributed by atoms with Crippen molar-refractivity contribution in [3.8, 4) is 0 Å². The summed E-state index contributed by atoms with van der Waals surface area (Å²) < 4.78 is 8.02. The van der Waals surface area contributed by atoms with Crippen LogP contribution in [0.1, 0.15) is 42.4 Å². The van der Waals surface area contributed by atoms with E-state index < -0.39 is 11.5 Å². The van der Waals surface area contributed by atoms with Gasteiger partial charge in [0.2, 0.25) is 0 Å². The summed E-state index contributed by atoms with van der Waals surface area (Å²) in [7, 11) is 0. The Hall–Kier alpha value is -1.05. The summed E-state index contributed by atoms with van der Waals surface area (Å²) >= 11 is 1.02. The van der Waals surface area contributed by atoms with E-state index >= 15 is 0 Å². The van der Waals surface area contributed by atoms with Crippen molar-refractivity contribution in [2.24, 2.45) is 5.41 Å². The third-order valence-corrected chi connectivity index (χ3v) is 4.80. The lowest BCUT2D eigenvalue weighted by Gasteiger charge is -2.44. The number of rotatable bonds is 4. The normalized spacial score (nSPS) is 26.8. The van der Waals surface area contributed by atoms with Crippen LogP contribution in [0.25, 0.3) is 0 Å². The molecule has 0 aliphatic carbocycles. The minimum absolute atomic E-state index is 0.0404. The van der Waals surface area contributed by atoms with Gasteiger partial charge in [0.15, 0.2) is 5.69 Å². The van der Waals surface area contributed by atoms with Gasteiger partial charge in [0.05, 0.1) is 30.1 Å². The molecular formula is C13H21N3O3S. The highest BCUT2D eigenvalue weighted by Crippen LogP contribution is 2.36. The van der Waals surface area contributed by atoms with E-state index in [1.165, 1.54) is 0 Å². The van der Waals surface area contributed by atoms with Gasteiger partial charge in [-0.3, -0.25) is 4.79 Å². The molecule has 0 unspecified atom stereocenters. The molecule has 2 atom stereocenters. The summed E-state index contributed by atoms with van der Waals surface area (Å²) in [5.41, 5.74) is 0.525. The highest BCUT2D eigenvalue weighted by atomic mass is 32.1. The van der Waals surface area contributed by atoms with E-state index in [2.05, 4.69) is 8.75 Å². The number of β-amino-alcohol motifs (C(OH)–C–C–N with tert-alkyl or cyclic N) is 1. The van der Waals surface area contributed by atoms with Crippen LogP contribution in [0.5, 0.6) is 0 Å². The van der Waals surface area contributed by atoms with Crippen LogP contribution in [0.15, 0.2) is 0 Å². The van der Waals surface area contributed by atoms with Crippen molar-refractivity contribution in [1.29, 1.82) is 0 Å². The third-order valence-electron chi connectivity index (χ3n) is 4.18. The highest BCUT2D eigenvalue weighted by Gasteiger charge is 2.42. The number of hydrogen-bond acceptors (Lipinski definition) is 6. The van der Waals surface area contributed by atoms with Crippen LogP contribution in [0.3, 0.4) is 0 Å². The van der Waals surface area contributed by atoms with E-state index in [0.717, 1.165) is 24.6 Å². The molecule has 0 saturated carbocycles. The monoisotopic (exact) mass is 299 g/mol. The summed E-state index contributed by atoms with van der Waals surface area (Å²) in [6, 6.07) is 0. The lowest BCUT2D eigenvalue weighted by molar-refractivity contribution is -0.0714. The number of amides is 1. The Labute approximate surface area is 122 Å². The molecule has 6 nitrogen and oxygen atoms in total. The van der Waals surface area contributed by atoms with E-state index in [-0.39, 0.29) is 19.1 Å². The van der Waals surface area contributed by atoms with E-state index in [1.807, 2.05) is 6.92 Å². The maximum Gasteiger partial charge on any atom is 0.275 e. The molecule has 112 valence electrons. The van der Waals surface area contributed by atoms with Crippen LogP contribution >= 0.6 is 11.7 Å². The number of carbonyl (C=O) groups is 1. The molecule has 1 fully saturated rings. The summed E-state index contributed by atoms with van der Waals surface area (Å²) in [6.45, 7) is 4.53. The molecule has 0 bridgehead atoms. The molecule has 1 aliphatic rings. The molecule has 1 amide bonds. The number of aromatic nitrogens is 2. The Morgan fingerprint density at radius 3 is 2.80 bits per heavy atom. The second kappa shape index (κ2) is 6.15. The molecule has 2 N–H and O–H groups in total. The van der Waals surface area contributed by atoms with E-state index in [1.54, 1.807) is 11.8 Å². The first-order valence-corrected chi connectivity index (χ1v) is 7.64. The van der Waals surface area contributed by atoms with Gasteiger partial charge in [-0.15, -0.1) is 0 Å². The minimum Gasteiger partial charge on any atom is -0.396 e. The van der Waals surface area contributed by atoms with Crippen molar-refractivity contribution < 1.29 is 15.0 Å². The Morgan fingerprint density at radius 2 is 2.30 bits per heavy atom. The number of aliphatic hydroxyl groups is 2. The zero-order chi connectivity index (χ0) is 14.8. The summed E-state index contributed by atoms with van der Waals surface area (Å²) in [5, 5.41) is 20.0. The molecule has 20 heavy (non-hydrogen) atoms. The van der Waals surface area contributed by atoms with E-state index in [9.17, 15) is 15.0 Å². The molecule has 1 aliphatic heterocycles. The molecule has 2 heterocycles. The quantitative estimate of drug-likeness (QED) is 0.860.